The number of aromatic nitrogens is 2. The first kappa shape index (κ1) is 29.7. The highest BCUT2D eigenvalue weighted by molar-refractivity contribution is 5.95. The summed E-state index contributed by atoms with van der Waals surface area (Å²) in [6.07, 6.45) is 1.12. The van der Waals surface area contributed by atoms with E-state index in [1.165, 1.54) is 7.11 Å². The molecular formula is C26H36N6O7. The van der Waals surface area contributed by atoms with Crippen LogP contribution < -0.4 is 26.0 Å². The molecule has 1 aliphatic heterocycles. The SMILES string of the molecule is COc1ccc(-c2nc(C)no2)cc1CC(=O)N[C@H](C(=O)NC(CC(=O)O)C(=O)CNC1CCCN1)C(C)C. The molecule has 0 bridgehead atoms. The van der Waals surface area contributed by atoms with Crippen LogP contribution >= 0.6 is 0 Å². The first-order valence-corrected chi connectivity index (χ1v) is 12.9. The van der Waals surface area contributed by atoms with Crippen LogP contribution in [0.25, 0.3) is 11.5 Å². The molecule has 3 rings (SSSR count). The van der Waals surface area contributed by atoms with Crippen LogP contribution in [-0.2, 0) is 25.6 Å². The zero-order chi connectivity index (χ0) is 28.5. The number of amides is 2. The monoisotopic (exact) mass is 544 g/mol. The summed E-state index contributed by atoms with van der Waals surface area (Å²) in [5.74, 6) is -1.89. The molecule has 13 heteroatoms. The van der Waals surface area contributed by atoms with E-state index in [1.54, 1.807) is 39.0 Å². The Hall–Kier alpha value is -3.84. The number of hydrogen-bond donors (Lipinski definition) is 5. The zero-order valence-corrected chi connectivity index (χ0v) is 22.6. The highest BCUT2D eigenvalue weighted by atomic mass is 16.5. The predicted molar refractivity (Wildman–Crippen MR) is 140 cm³/mol. The van der Waals surface area contributed by atoms with Crippen LogP contribution in [0.3, 0.4) is 0 Å². The van der Waals surface area contributed by atoms with Crippen LogP contribution in [0, 0.1) is 12.8 Å². The van der Waals surface area contributed by atoms with Gasteiger partial charge in [-0.05, 0) is 50.4 Å². The maximum absolute atomic E-state index is 13.1. The van der Waals surface area contributed by atoms with Crippen LogP contribution in [0.2, 0.25) is 0 Å². The van der Waals surface area contributed by atoms with Crippen LogP contribution in [0.4, 0.5) is 0 Å². The molecule has 0 saturated carbocycles. The molecule has 2 heterocycles. The van der Waals surface area contributed by atoms with Gasteiger partial charge >= 0.3 is 5.97 Å². The summed E-state index contributed by atoms with van der Waals surface area (Å²) >= 11 is 0. The summed E-state index contributed by atoms with van der Waals surface area (Å²) in [5.41, 5.74) is 1.14. The van der Waals surface area contributed by atoms with Crippen LogP contribution in [0.1, 0.15) is 44.5 Å². The third kappa shape index (κ3) is 8.58. The first-order chi connectivity index (χ1) is 18.6. The number of carboxylic acid groups (broad SMARTS) is 1. The normalized spacial score (nSPS) is 16.5. The number of rotatable bonds is 14. The van der Waals surface area contributed by atoms with Gasteiger partial charge in [0.2, 0.25) is 11.8 Å². The molecule has 1 aromatic carbocycles. The molecule has 0 radical (unpaired) electrons. The molecule has 3 atom stereocenters. The number of aliphatic carboxylic acids is 1. The van der Waals surface area contributed by atoms with E-state index in [0.717, 1.165) is 19.4 Å². The summed E-state index contributed by atoms with van der Waals surface area (Å²) in [6.45, 7) is 5.92. The lowest BCUT2D eigenvalue weighted by Gasteiger charge is -2.25. The van der Waals surface area contributed by atoms with Crippen LogP contribution in [0.5, 0.6) is 5.75 Å². The lowest BCUT2D eigenvalue weighted by Crippen LogP contribution is -2.55. The van der Waals surface area contributed by atoms with Crippen LogP contribution in [-0.4, -0.2) is 77.3 Å². The van der Waals surface area contributed by atoms with Crippen molar-refractivity contribution in [1.29, 1.82) is 0 Å². The van der Waals surface area contributed by atoms with Crippen molar-refractivity contribution in [3.8, 4) is 17.2 Å². The summed E-state index contributed by atoms with van der Waals surface area (Å²) < 4.78 is 10.6. The van der Waals surface area contributed by atoms with Crippen molar-refractivity contribution in [2.24, 2.45) is 5.92 Å². The Balaban J connectivity index is 1.67. The lowest BCUT2D eigenvalue weighted by atomic mass is 10.0. The quantitative estimate of drug-likeness (QED) is 0.224. The number of aryl methyl sites for hydroxylation is 1. The van der Waals surface area contributed by atoms with Gasteiger partial charge in [0.15, 0.2) is 11.6 Å². The van der Waals surface area contributed by atoms with Crippen LogP contribution in [0.15, 0.2) is 22.7 Å². The molecule has 5 N–H and O–H groups in total. The minimum absolute atomic E-state index is 0.0304. The van der Waals surface area contributed by atoms with Gasteiger partial charge in [0.25, 0.3) is 5.89 Å². The summed E-state index contributed by atoms with van der Waals surface area (Å²) in [4.78, 5) is 54.5. The smallest absolute Gasteiger partial charge is 0.305 e. The second kappa shape index (κ2) is 13.8. The number of carboxylic acids is 1. The van der Waals surface area contributed by atoms with Gasteiger partial charge in [0.1, 0.15) is 11.8 Å². The molecule has 212 valence electrons. The van der Waals surface area contributed by atoms with E-state index < -0.39 is 42.1 Å². The van der Waals surface area contributed by atoms with Gasteiger partial charge in [-0.1, -0.05) is 19.0 Å². The molecular weight excluding hydrogens is 508 g/mol. The average Bonchev–Trinajstić information content (AvgIpc) is 3.56. The molecule has 2 amide bonds. The van der Waals surface area contributed by atoms with E-state index in [9.17, 15) is 24.3 Å². The van der Waals surface area contributed by atoms with Crippen molar-refractivity contribution in [2.45, 2.75) is 64.7 Å². The molecule has 1 aliphatic rings. The largest absolute Gasteiger partial charge is 0.496 e. The fourth-order valence-corrected chi connectivity index (χ4v) is 4.28. The van der Waals surface area contributed by atoms with Gasteiger partial charge in [-0.2, -0.15) is 4.98 Å². The van der Waals surface area contributed by atoms with Gasteiger partial charge in [-0.25, -0.2) is 0 Å². The Morgan fingerprint density at radius 2 is 2.00 bits per heavy atom. The van der Waals surface area contributed by atoms with Crippen molar-refractivity contribution in [2.75, 3.05) is 20.2 Å². The Bertz CT molecular complexity index is 1180. The summed E-state index contributed by atoms with van der Waals surface area (Å²) in [7, 11) is 1.48. The standard InChI is InChI=1S/C26H36N6O7/c1-14(2)24(25(37)30-18(12-23(35)36)19(33)13-28-21-6-5-9-27-21)31-22(34)11-17-10-16(7-8-20(17)38-4)26-29-15(3)32-39-26/h7-8,10,14,18,21,24,27-28H,5-6,9,11-13H2,1-4H3,(H,30,37)(H,31,34)(H,35,36)/t18?,21?,24-/m0/s1. The van der Waals surface area contributed by atoms with Gasteiger partial charge in [0.05, 0.1) is 38.7 Å². The lowest BCUT2D eigenvalue weighted by molar-refractivity contribution is -0.140. The highest BCUT2D eigenvalue weighted by Gasteiger charge is 2.30. The zero-order valence-electron chi connectivity index (χ0n) is 22.6. The number of benzene rings is 1. The Morgan fingerprint density at radius 3 is 2.59 bits per heavy atom. The number of hydrogen-bond acceptors (Lipinski definition) is 10. The average molecular weight is 545 g/mol. The van der Waals surface area contributed by atoms with Gasteiger partial charge in [-0.3, -0.25) is 24.5 Å². The van der Waals surface area contributed by atoms with E-state index >= 15 is 0 Å². The Kier molecular flexibility index (Phi) is 10.5. The van der Waals surface area contributed by atoms with Crippen molar-refractivity contribution >= 4 is 23.6 Å². The summed E-state index contributed by atoms with van der Waals surface area (Å²) in [6, 6.07) is 2.87. The fourth-order valence-electron chi connectivity index (χ4n) is 4.28. The molecule has 2 unspecified atom stereocenters. The molecule has 1 fully saturated rings. The second-order valence-electron chi connectivity index (χ2n) is 9.79. The number of carbonyl (C=O) groups excluding carboxylic acids is 3. The number of carbonyl (C=O) groups is 4. The predicted octanol–water partition coefficient (Wildman–Crippen LogP) is 0.565. The van der Waals surface area contributed by atoms with E-state index in [0.29, 0.717) is 28.6 Å². The molecule has 0 aliphatic carbocycles. The number of ketones is 1. The topological polar surface area (TPSA) is 185 Å². The van der Waals surface area contributed by atoms with E-state index in [1.807, 2.05) is 0 Å². The van der Waals surface area contributed by atoms with Gasteiger partial charge in [0, 0.05) is 11.1 Å². The first-order valence-electron chi connectivity index (χ1n) is 12.9. The van der Waals surface area contributed by atoms with Crippen molar-refractivity contribution in [3.05, 3.63) is 29.6 Å². The molecule has 1 aromatic heterocycles. The van der Waals surface area contributed by atoms with Crippen molar-refractivity contribution < 1.29 is 33.5 Å². The van der Waals surface area contributed by atoms with E-state index in [2.05, 4.69) is 31.4 Å². The number of nitrogens with zero attached hydrogens (tertiary/aromatic N) is 2. The number of nitrogens with one attached hydrogen (secondary N) is 4. The van der Waals surface area contributed by atoms with Crippen molar-refractivity contribution in [3.63, 3.8) is 0 Å². The maximum atomic E-state index is 13.1. The third-order valence-corrected chi connectivity index (χ3v) is 6.34. The molecule has 2 aromatic rings. The van der Waals surface area contributed by atoms with E-state index in [-0.39, 0.29) is 25.0 Å². The highest BCUT2D eigenvalue weighted by Crippen LogP contribution is 2.26. The Morgan fingerprint density at radius 1 is 1.23 bits per heavy atom. The number of Topliss-reactive ketones (excluding diaryl/α,β-unsaturated/α-hetero) is 1. The number of methoxy groups -OCH3 is 1. The molecule has 39 heavy (non-hydrogen) atoms. The third-order valence-electron chi connectivity index (χ3n) is 6.34. The second-order valence-corrected chi connectivity index (χ2v) is 9.79. The minimum atomic E-state index is -1.24. The molecule has 0 spiro atoms. The number of ether oxygens (including phenoxy) is 1. The fraction of sp³-hybridized carbons (Fsp3) is 0.538. The van der Waals surface area contributed by atoms with Gasteiger partial charge in [-0.15, -0.1) is 0 Å². The molecule has 13 nitrogen and oxygen atoms in total. The maximum Gasteiger partial charge on any atom is 0.305 e. The minimum Gasteiger partial charge on any atom is -0.496 e. The van der Waals surface area contributed by atoms with Crippen molar-refractivity contribution in [1.82, 2.24) is 31.4 Å². The van der Waals surface area contributed by atoms with E-state index in [4.69, 9.17) is 9.26 Å². The molecule has 1 saturated heterocycles. The Labute approximate surface area is 226 Å². The summed E-state index contributed by atoms with van der Waals surface area (Å²) in [5, 5.41) is 24.6. The van der Waals surface area contributed by atoms with Gasteiger partial charge < -0.3 is 30.3 Å².